The number of ketones is 1. The van der Waals surface area contributed by atoms with Crippen LogP contribution in [0.2, 0.25) is 10.0 Å². The molecule has 2 aromatic carbocycles. The number of hydrogen-bond acceptors (Lipinski definition) is 3. The summed E-state index contributed by atoms with van der Waals surface area (Å²) in [6.45, 7) is 1.96. The highest BCUT2D eigenvalue weighted by atomic mass is 35.5. The first-order valence-corrected chi connectivity index (χ1v) is 8.98. The van der Waals surface area contributed by atoms with Gasteiger partial charge in [-0.3, -0.25) is 9.59 Å². The molecule has 0 radical (unpaired) electrons. The van der Waals surface area contributed by atoms with Gasteiger partial charge in [0.05, 0.1) is 6.61 Å². The Morgan fingerprint density at radius 1 is 1.04 bits per heavy atom. The van der Waals surface area contributed by atoms with E-state index in [1.165, 1.54) is 0 Å². The highest BCUT2D eigenvalue weighted by Crippen LogP contribution is 2.51. The summed E-state index contributed by atoms with van der Waals surface area (Å²) >= 11 is 12.8. The minimum absolute atomic E-state index is 0.131. The quantitative estimate of drug-likeness (QED) is 0.556. The van der Waals surface area contributed by atoms with E-state index in [1.54, 1.807) is 19.1 Å². The predicted octanol–water partition coefficient (Wildman–Crippen LogP) is 5.01. The van der Waals surface area contributed by atoms with Gasteiger partial charge in [0.1, 0.15) is 11.7 Å². The first kappa shape index (κ1) is 18.0. The second kappa shape index (κ2) is 7.59. The molecular formula is C20H18Cl2O3. The molecule has 3 rings (SSSR count). The van der Waals surface area contributed by atoms with Crippen molar-refractivity contribution in [1.29, 1.82) is 0 Å². The van der Waals surface area contributed by atoms with Gasteiger partial charge in [0, 0.05) is 28.3 Å². The first-order valence-electron chi connectivity index (χ1n) is 8.22. The molecule has 1 aliphatic carbocycles. The molecule has 0 N–H and O–H groups in total. The van der Waals surface area contributed by atoms with Crippen LogP contribution in [-0.2, 0) is 14.3 Å². The molecule has 1 saturated carbocycles. The van der Waals surface area contributed by atoms with E-state index in [0.29, 0.717) is 10.0 Å². The van der Waals surface area contributed by atoms with Gasteiger partial charge in [-0.15, -0.1) is 0 Å². The number of benzene rings is 2. The Balaban J connectivity index is 2.12. The molecule has 0 amide bonds. The normalized spacial score (nSPS) is 22.8. The number of hydrogen-bond donors (Lipinski definition) is 0. The summed E-state index contributed by atoms with van der Waals surface area (Å²) in [5.41, 5.74) is 1.63. The zero-order valence-electron chi connectivity index (χ0n) is 13.7. The second-order valence-corrected chi connectivity index (χ2v) is 6.89. The Morgan fingerprint density at radius 2 is 1.60 bits per heavy atom. The molecule has 0 heterocycles. The Kier molecular flexibility index (Phi) is 5.45. The molecule has 3 unspecified atom stereocenters. The zero-order chi connectivity index (χ0) is 18.0. The van der Waals surface area contributed by atoms with E-state index in [2.05, 4.69) is 0 Å². The molecule has 3 atom stereocenters. The van der Waals surface area contributed by atoms with E-state index >= 15 is 0 Å². The molecule has 0 aromatic heterocycles. The second-order valence-electron chi connectivity index (χ2n) is 6.08. The lowest BCUT2D eigenvalue weighted by molar-refractivity contribution is -0.151. The van der Waals surface area contributed by atoms with Crippen LogP contribution in [0, 0.1) is 5.92 Å². The van der Waals surface area contributed by atoms with Crippen LogP contribution < -0.4 is 0 Å². The minimum Gasteiger partial charge on any atom is -0.465 e. The summed E-state index contributed by atoms with van der Waals surface area (Å²) in [5, 5.41) is 1.12. The molecule has 0 bridgehead atoms. The highest BCUT2D eigenvalue weighted by Gasteiger charge is 2.49. The maximum Gasteiger partial charge on any atom is 0.317 e. The molecule has 1 fully saturated rings. The van der Waals surface area contributed by atoms with Gasteiger partial charge in [-0.25, -0.2) is 0 Å². The number of rotatable bonds is 4. The van der Waals surface area contributed by atoms with Gasteiger partial charge in [-0.1, -0.05) is 59.6 Å². The van der Waals surface area contributed by atoms with Crippen LogP contribution in [0.1, 0.15) is 36.3 Å². The van der Waals surface area contributed by atoms with Gasteiger partial charge in [0.25, 0.3) is 0 Å². The van der Waals surface area contributed by atoms with Crippen molar-refractivity contribution in [3.8, 4) is 0 Å². The number of esters is 1. The van der Waals surface area contributed by atoms with E-state index in [-0.39, 0.29) is 30.6 Å². The number of Topliss-reactive ketones (excluding diaryl/α,β-unsaturated/α-hetero) is 1. The lowest BCUT2D eigenvalue weighted by atomic mass is 9.79. The van der Waals surface area contributed by atoms with Crippen molar-refractivity contribution < 1.29 is 14.3 Å². The van der Waals surface area contributed by atoms with Crippen LogP contribution in [0.3, 0.4) is 0 Å². The molecule has 130 valence electrons. The molecule has 25 heavy (non-hydrogen) atoms. The van der Waals surface area contributed by atoms with Crippen LogP contribution in [-0.4, -0.2) is 18.4 Å². The van der Waals surface area contributed by atoms with Crippen molar-refractivity contribution in [1.82, 2.24) is 0 Å². The molecule has 0 saturated heterocycles. The Labute approximate surface area is 156 Å². The summed E-state index contributed by atoms with van der Waals surface area (Å²) in [4.78, 5) is 25.2. The molecule has 0 aliphatic heterocycles. The fourth-order valence-corrected chi connectivity index (χ4v) is 4.17. The number of halogens is 2. The van der Waals surface area contributed by atoms with Gasteiger partial charge < -0.3 is 4.74 Å². The maximum absolute atomic E-state index is 12.7. The number of carbonyl (C=O) groups is 2. The Bertz CT molecular complexity index is 803. The average Bonchev–Trinajstić information content (AvgIpc) is 2.93. The monoisotopic (exact) mass is 376 g/mol. The Hall–Kier alpha value is -1.84. The van der Waals surface area contributed by atoms with E-state index in [1.807, 2.05) is 36.4 Å². The predicted molar refractivity (Wildman–Crippen MR) is 98.1 cm³/mol. The van der Waals surface area contributed by atoms with E-state index in [4.69, 9.17) is 27.9 Å². The van der Waals surface area contributed by atoms with Gasteiger partial charge >= 0.3 is 5.97 Å². The summed E-state index contributed by atoms with van der Waals surface area (Å²) in [7, 11) is 0. The van der Waals surface area contributed by atoms with Crippen LogP contribution in [0.5, 0.6) is 0 Å². The smallest absolute Gasteiger partial charge is 0.317 e. The highest BCUT2D eigenvalue weighted by molar-refractivity contribution is 6.32. The van der Waals surface area contributed by atoms with Crippen molar-refractivity contribution in [2.45, 2.75) is 25.2 Å². The number of ether oxygens (including phenoxy) is 1. The van der Waals surface area contributed by atoms with E-state index in [9.17, 15) is 9.59 Å². The molecule has 2 aromatic rings. The van der Waals surface area contributed by atoms with Crippen LogP contribution in [0.15, 0.2) is 48.5 Å². The molecule has 0 spiro atoms. The fraction of sp³-hybridized carbons (Fsp3) is 0.300. The summed E-state index contributed by atoms with van der Waals surface area (Å²) in [5.74, 6) is -2.09. The minimum atomic E-state index is -0.860. The molecule has 5 heteroatoms. The van der Waals surface area contributed by atoms with E-state index < -0.39 is 11.9 Å². The standard InChI is InChI=1S/C20H18Cl2O3/c1-2-25-20(24)19-17(23)11-14(12-7-3-5-9-15(12)21)18(19)13-8-4-6-10-16(13)22/h3-10,14,18-19H,2,11H2,1H3. The fourth-order valence-electron chi connectivity index (χ4n) is 3.63. The van der Waals surface area contributed by atoms with Crippen molar-refractivity contribution in [2.75, 3.05) is 6.61 Å². The van der Waals surface area contributed by atoms with Crippen LogP contribution in [0.25, 0.3) is 0 Å². The molecule has 1 aliphatic rings. The van der Waals surface area contributed by atoms with Gasteiger partial charge in [-0.2, -0.15) is 0 Å². The zero-order valence-corrected chi connectivity index (χ0v) is 15.3. The van der Waals surface area contributed by atoms with Gasteiger partial charge in [0.2, 0.25) is 0 Å². The third-order valence-electron chi connectivity index (χ3n) is 4.67. The third-order valence-corrected chi connectivity index (χ3v) is 5.36. The van der Waals surface area contributed by atoms with Gasteiger partial charge in [-0.05, 0) is 30.2 Å². The van der Waals surface area contributed by atoms with Crippen molar-refractivity contribution in [3.05, 3.63) is 69.7 Å². The lowest BCUT2D eigenvalue weighted by Gasteiger charge is -2.25. The molecular weight excluding hydrogens is 359 g/mol. The van der Waals surface area contributed by atoms with Crippen molar-refractivity contribution in [2.24, 2.45) is 5.92 Å². The number of carbonyl (C=O) groups excluding carboxylic acids is 2. The van der Waals surface area contributed by atoms with Gasteiger partial charge in [0.15, 0.2) is 0 Å². The third kappa shape index (κ3) is 3.44. The summed E-state index contributed by atoms with van der Waals surface area (Å²) in [6.07, 6.45) is 0.239. The maximum atomic E-state index is 12.7. The average molecular weight is 377 g/mol. The SMILES string of the molecule is CCOC(=O)C1C(=O)CC(c2ccccc2Cl)C1c1ccccc1Cl. The van der Waals surface area contributed by atoms with E-state index in [0.717, 1.165) is 11.1 Å². The van der Waals surface area contributed by atoms with Crippen LogP contribution >= 0.6 is 23.2 Å². The van der Waals surface area contributed by atoms with Crippen LogP contribution in [0.4, 0.5) is 0 Å². The van der Waals surface area contributed by atoms with Crippen molar-refractivity contribution >= 4 is 35.0 Å². The van der Waals surface area contributed by atoms with Crippen molar-refractivity contribution in [3.63, 3.8) is 0 Å². The topological polar surface area (TPSA) is 43.4 Å². The summed E-state index contributed by atoms with van der Waals surface area (Å²) in [6, 6.07) is 14.7. The molecule has 3 nitrogen and oxygen atoms in total. The Morgan fingerprint density at radius 3 is 2.16 bits per heavy atom. The first-order chi connectivity index (χ1) is 12.0. The largest absolute Gasteiger partial charge is 0.465 e. The lowest BCUT2D eigenvalue weighted by Crippen LogP contribution is -2.27. The summed E-state index contributed by atoms with van der Waals surface area (Å²) < 4.78 is 5.17.